The number of methoxy groups -OCH3 is 1. The van der Waals surface area contributed by atoms with Crippen molar-refractivity contribution in [1.29, 1.82) is 0 Å². The summed E-state index contributed by atoms with van der Waals surface area (Å²) < 4.78 is 6.58. The second-order valence-corrected chi connectivity index (χ2v) is 5.93. The summed E-state index contributed by atoms with van der Waals surface area (Å²) in [7, 11) is 3.04. The van der Waals surface area contributed by atoms with Crippen LogP contribution in [0.5, 0.6) is 5.75 Å². The Kier molecular flexibility index (Phi) is 5.17. The number of aromatic nitrogens is 1. The maximum atomic E-state index is 12.9. The van der Waals surface area contributed by atoms with Gasteiger partial charge < -0.3 is 14.6 Å². The van der Waals surface area contributed by atoms with Crippen LogP contribution in [0.15, 0.2) is 77.7 Å². The largest absolute Gasteiger partial charge is 0.496 e. The van der Waals surface area contributed by atoms with Gasteiger partial charge >= 0.3 is 0 Å². The number of carbonyl (C=O) groups excluding carboxylic acids is 1. The highest BCUT2D eigenvalue weighted by Crippen LogP contribution is 2.23. The predicted molar refractivity (Wildman–Crippen MR) is 100 cm³/mol. The summed E-state index contributed by atoms with van der Waals surface area (Å²) in [5.74, 6) is -0.0550. The summed E-state index contributed by atoms with van der Waals surface area (Å²) in [5.41, 5.74) is 2.01. The van der Waals surface area contributed by atoms with Crippen molar-refractivity contribution in [2.75, 3.05) is 7.11 Å². The number of benzene rings is 2. The molecule has 0 fully saturated rings. The van der Waals surface area contributed by atoms with Crippen molar-refractivity contribution in [3.63, 3.8) is 0 Å². The molecule has 0 aliphatic carbocycles. The minimum atomic E-state index is -0.313. The maximum absolute atomic E-state index is 12.9. The zero-order valence-electron chi connectivity index (χ0n) is 14.7. The first-order chi connectivity index (χ1) is 12.6. The minimum Gasteiger partial charge on any atom is -0.496 e. The van der Waals surface area contributed by atoms with E-state index in [1.54, 1.807) is 7.05 Å². The smallest absolute Gasteiger partial charge is 0.257 e. The fourth-order valence-electron chi connectivity index (χ4n) is 2.81. The lowest BCUT2D eigenvalue weighted by atomic mass is 9.98. The number of hydrogen-bond acceptors (Lipinski definition) is 3. The summed E-state index contributed by atoms with van der Waals surface area (Å²) in [5, 5.41) is 3.05. The molecule has 2 aromatic carbocycles. The zero-order valence-corrected chi connectivity index (χ0v) is 14.7. The normalized spacial score (nSPS) is 10.6. The molecule has 5 heteroatoms. The van der Waals surface area contributed by atoms with Crippen LogP contribution in [0.4, 0.5) is 0 Å². The van der Waals surface area contributed by atoms with Gasteiger partial charge in [0.2, 0.25) is 0 Å². The number of pyridine rings is 1. The average molecular weight is 348 g/mol. The molecule has 1 heterocycles. The number of nitrogens with zero attached hydrogens (tertiary/aromatic N) is 1. The van der Waals surface area contributed by atoms with E-state index in [0.29, 0.717) is 5.56 Å². The molecule has 0 bridgehead atoms. The van der Waals surface area contributed by atoms with E-state index in [9.17, 15) is 9.59 Å². The van der Waals surface area contributed by atoms with Gasteiger partial charge in [0.05, 0.1) is 18.7 Å². The van der Waals surface area contributed by atoms with Crippen LogP contribution in [0.25, 0.3) is 0 Å². The van der Waals surface area contributed by atoms with Gasteiger partial charge in [-0.1, -0.05) is 60.7 Å². The SMILES string of the molecule is COc1cc(=O)n(C)cc1C(=O)NC(c1ccccc1)c1ccccc1. The zero-order chi connectivity index (χ0) is 18.5. The van der Waals surface area contributed by atoms with E-state index in [2.05, 4.69) is 5.32 Å². The summed E-state index contributed by atoms with van der Waals surface area (Å²) in [4.78, 5) is 24.7. The molecule has 132 valence electrons. The van der Waals surface area contributed by atoms with E-state index in [-0.39, 0.29) is 23.3 Å². The molecule has 0 unspecified atom stereocenters. The van der Waals surface area contributed by atoms with Gasteiger partial charge in [-0.2, -0.15) is 0 Å². The van der Waals surface area contributed by atoms with Crippen LogP contribution >= 0.6 is 0 Å². The lowest BCUT2D eigenvalue weighted by Crippen LogP contribution is -2.31. The van der Waals surface area contributed by atoms with Crippen molar-refractivity contribution < 1.29 is 9.53 Å². The van der Waals surface area contributed by atoms with E-state index in [1.807, 2.05) is 60.7 Å². The molecule has 0 radical (unpaired) electrons. The van der Waals surface area contributed by atoms with E-state index in [0.717, 1.165) is 11.1 Å². The molecule has 1 amide bonds. The van der Waals surface area contributed by atoms with Crippen molar-refractivity contribution in [3.8, 4) is 5.75 Å². The summed E-state index contributed by atoms with van der Waals surface area (Å²) in [6, 6.07) is 20.5. The van der Waals surface area contributed by atoms with Crippen molar-refractivity contribution >= 4 is 5.91 Å². The van der Waals surface area contributed by atoms with Gasteiger partial charge in [-0.15, -0.1) is 0 Å². The number of hydrogen-bond donors (Lipinski definition) is 1. The van der Waals surface area contributed by atoms with E-state index in [1.165, 1.54) is 23.9 Å². The molecule has 0 saturated heterocycles. The fraction of sp³-hybridized carbons (Fsp3) is 0.143. The van der Waals surface area contributed by atoms with Crippen LogP contribution in [0.3, 0.4) is 0 Å². The molecule has 5 nitrogen and oxygen atoms in total. The summed E-state index contributed by atoms with van der Waals surface area (Å²) in [6.07, 6.45) is 1.49. The highest BCUT2D eigenvalue weighted by Gasteiger charge is 2.20. The van der Waals surface area contributed by atoms with Gasteiger partial charge in [0.25, 0.3) is 11.5 Å². The number of amides is 1. The third-order valence-electron chi connectivity index (χ3n) is 4.20. The number of aryl methyl sites for hydroxylation is 1. The summed E-state index contributed by atoms with van der Waals surface area (Å²) in [6.45, 7) is 0. The number of ether oxygens (including phenoxy) is 1. The first-order valence-electron chi connectivity index (χ1n) is 8.25. The Morgan fingerprint density at radius 3 is 2.04 bits per heavy atom. The number of carbonyl (C=O) groups is 1. The monoisotopic (exact) mass is 348 g/mol. The van der Waals surface area contributed by atoms with Gasteiger partial charge in [0.1, 0.15) is 5.75 Å². The van der Waals surface area contributed by atoms with Crippen LogP contribution in [0.1, 0.15) is 27.5 Å². The number of rotatable bonds is 5. The lowest BCUT2D eigenvalue weighted by molar-refractivity contribution is 0.0939. The van der Waals surface area contributed by atoms with Crippen LogP contribution < -0.4 is 15.6 Å². The van der Waals surface area contributed by atoms with E-state index >= 15 is 0 Å². The van der Waals surface area contributed by atoms with E-state index in [4.69, 9.17) is 4.74 Å². The molecule has 0 aliphatic heterocycles. The molecule has 0 spiro atoms. The van der Waals surface area contributed by atoms with Crippen LogP contribution in [0.2, 0.25) is 0 Å². The van der Waals surface area contributed by atoms with Crippen LogP contribution in [0, 0.1) is 0 Å². The first kappa shape index (κ1) is 17.5. The Bertz CT molecular complexity index is 910. The molecule has 0 atom stereocenters. The van der Waals surface area contributed by atoms with Gasteiger partial charge in [0, 0.05) is 19.3 Å². The van der Waals surface area contributed by atoms with Crippen LogP contribution in [-0.2, 0) is 7.05 Å². The average Bonchev–Trinajstić information content (AvgIpc) is 2.69. The molecule has 1 aromatic heterocycles. The molecule has 26 heavy (non-hydrogen) atoms. The second kappa shape index (κ2) is 7.70. The van der Waals surface area contributed by atoms with Crippen molar-refractivity contribution in [3.05, 3.63) is 100.0 Å². The number of nitrogens with one attached hydrogen (secondary N) is 1. The van der Waals surface area contributed by atoms with Gasteiger partial charge in [0.15, 0.2) is 0 Å². The van der Waals surface area contributed by atoms with Crippen molar-refractivity contribution in [2.45, 2.75) is 6.04 Å². The Balaban J connectivity index is 1.99. The first-order valence-corrected chi connectivity index (χ1v) is 8.25. The molecule has 0 aliphatic rings. The Hall–Kier alpha value is -3.34. The highest BCUT2D eigenvalue weighted by molar-refractivity contribution is 5.97. The second-order valence-electron chi connectivity index (χ2n) is 5.93. The molecular weight excluding hydrogens is 328 g/mol. The molecular formula is C21H20N2O3. The summed E-state index contributed by atoms with van der Waals surface area (Å²) >= 11 is 0. The molecule has 3 rings (SSSR count). The van der Waals surface area contributed by atoms with Gasteiger partial charge in [-0.05, 0) is 11.1 Å². The Morgan fingerprint density at radius 2 is 1.54 bits per heavy atom. The van der Waals surface area contributed by atoms with Gasteiger partial charge in [-0.25, -0.2) is 0 Å². The van der Waals surface area contributed by atoms with E-state index < -0.39 is 0 Å². The highest BCUT2D eigenvalue weighted by atomic mass is 16.5. The third-order valence-corrected chi connectivity index (χ3v) is 4.20. The standard InChI is InChI=1S/C21H20N2O3/c1-23-14-17(18(26-2)13-19(23)24)21(25)22-20(15-9-5-3-6-10-15)16-11-7-4-8-12-16/h3-14,20H,1-2H3,(H,22,25). The minimum absolute atomic E-state index is 0.235. The topological polar surface area (TPSA) is 60.3 Å². The van der Waals surface area contributed by atoms with Crippen molar-refractivity contribution in [2.24, 2.45) is 7.05 Å². The lowest BCUT2D eigenvalue weighted by Gasteiger charge is -2.20. The third kappa shape index (κ3) is 3.67. The quantitative estimate of drug-likeness (QED) is 0.771. The van der Waals surface area contributed by atoms with Gasteiger partial charge in [-0.3, -0.25) is 9.59 Å². The fourth-order valence-corrected chi connectivity index (χ4v) is 2.81. The molecule has 3 aromatic rings. The Labute approximate surface area is 151 Å². The molecule has 0 saturated carbocycles. The molecule has 1 N–H and O–H groups in total. The Morgan fingerprint density at radius 1 is 1.00 bits per heavy atom. The van der Waals surface area contributed by atoms with Crippen LogP contribution in [-0.4, -0.2) is 17.6 Å². The predicted octanol–water partition coefficient (Wildman–Crippen LogP) is 2.91. The maximum Gasteiger partial charge on any atom is 0.257 e. The van der Waals surface area contributed by atoms with Crippen molar-refractivity contribution in [1.82, 2.24) is 9.88 Å².